The molecule has 6 heteroatoms. The van der Waals surface area contributed by atoms with Gasteiger partial charge in [0.1, 0.15) is 0 Å². The molecule has 1 aromatic carbocycles. The zero-order valence-electron chi connectivity index (χ0n) is 11.8. The number of amides is 2. The van der Waals surface area contributed by atoms with E-state index in [9.17, 15) is 9.59 Å². The van der Waals surface area contributed by atoms with Gasteiger partial charge in [0, 0.05) is 31.9 Å². The van der Waals surface area contributed by atoms with Gasteiger partial charge in [-0.25, -0.2) is 5.84 Å². The fourth-order valence-electron chi connectivity index (χ4n) is 2.30. The summed E-state index contributed by atoms with van der Waals surface area (Å²) in [6, 6.07) is 6.34. The number of anilines is 1. The number of hydrogen-bond acceptors (Lipinski definition) is 4. The van der Waals surface area contributed by atoms with Crippen molar-refractivity contribution >= 4 is 17.5 Å². The molecule has 1 fully saturated rings. The van der Waals surface area contributed by atoms with E-state index >= 15 is 0 Å². The van der Waals surface area contributed by atoms with Crippen LogP contribution in [0.25, 0.3) is 0 Å². The minimum atomic E-state index is -0.760. The maximum Gasteiger partial charge on any atom is 0.323 e. The molecule has 0 bridgehead atoms. The summed E-state index contributed by atoms with van der Waals surface area (Å²) in [4.78, 5) is 26.6. The van der Waals surface area contributed by atoms with E-state index in [2.05, 4.69) is 36.9 Å². The van der Waals surface area contributed by atoms with Gasteiger partial charge >= 0.3 is 11.8 Å². The molecule has 1 heterocycles. The van der Waals surface area contributed by atoms with Gasteiger partial charge in [0.25, 0.3) is 0 Å². The lowest BCUT2D eigenvalue weighted by atomic mass is 10.1. The number of nitrogens with two attached hydrogens (primary N) is 1. The first kappa shape index (κ1) is 14.3. The molecule has 6 nitrogen and oxygen atoms in total. The number of aryl methyl sites for hydroxylation is 2. The second kappa shape index (κ2) is 5.92. The number of carbonyl (C=O) groups excluding carboxylic acids is 2. The Morgan fingerprint density at radius 1 is 1.10 bits per heavy atom. The number of hydrazine groups is 1. The summed E-state index contributed by atoms with van der Waals surface area (Å²) < 4.78 is 0. The van der Waals surface area contributed by atoms with Gasteiger partial charge < -0.3 is 9.80 Å². The monoisotopic (exact) mass is 276 g/mol. The first-order valence-electron chi connectivity index (χ1n) is 6.65. The topological polar surface area (TPSA) is 78.7 Å². The fraction of sp³-hybridized carbons (Fsp3) is 0.429. The molecule has 108 valence electrons. The third-order valence-corrected chi connectivity index (χ3v) is 3.75. The van der Waals surface area contributed by atoms with E-state index in [1.54, 1.807) is 0 Å². The zero-order chi connectivity index (χ0) is 14.7. The van der Waals surface area contributed by atoms with E-state index in [4.69, 9.17) is 5.84 Å². The van der Waals surface area contributed by atoms with Gasteiger partial charge in [-0.05, 0) is 37.1 Å². The molecule has 2 rings (SSSR count). The maximum atomic E-state index is 11.7. The van der Waals surface area contributed by atoms with Crippen LogP contribution in [-0.2, 0) is 9.59 Å². The first-order valence-corrected chi connectivity index (χ1v) is 6.65. The van der Waals surface area contributed by atoms with Gasteiger partial charge in [-0.1, -0.05) is 6.07 Å². The Bertz CT molecular complexity index is 522. The van der Waals surface area contributed by atoms with Gasteiger partial charge in [0.2, 0.25) is 0 Å². The normalized spacial score (nSPS) is 15.2. The highest BCUT2D eigenvalue weighted by atomic mass is 16.2. The summed E-state index contributed by atoms with van der Waals surface area (Å²) in [6.45, 7) is 6.65. The second-order valence-electron chi connectivity index (χ2n) is 5.02. The largest absolute Gasteiger partial charge is 0.368 e. The van der Waals surface area contributed by atoms with Crippen molar-refractivity contribution < 1.29 is 9.59 Å². The number of nitrogens with zero attached hydrogens (tertiary/aromatic N) is 2. The standard InChI is InChI=1S/C14H20N4O2/c1-10-3-4-12(9-11(10)2)17-5-7-18(8-6-17)14(20)13(19)16-15/h3-4,9H,5-8,15H2,1-2H3,(H,16,19). The lowest BCUT2D eigenvalue weighted by Gasteiger charge is -2.35. The Labute approximate surface area is 118 Å². The number of piperazine rings is 1. The minimum Gasteiger partial charge on any atom is -0.368 e. The molecule has 0 atom stereocenters. The molecule has 0 radical (unpaired) electrons. The van der Waals surface area contributed by atoms with Crippen molar-refractivity contribution in [3.8, 4) is 0 Å². The number of benzene rings is 1. The van der Waals surface area contributed by atoms with Gasteiger partial charge in [0.15, 0.2) is 0 Å². The summed E-state index contributed by atoms with van der Waals surface area (Å²) >= 11 is 0. The number of carbonyl (C=O) groups is 2. The van der Waals surface area contributed by atoms with E-state index in [-0.39, 0.29) is 0 Å². The van der Waals surface area contributed by atoms with Crippen LogP contribution in [0.4, 0.5) is 5.69 Å². The first-order chi connectivity index (χ1) is 9.52. The molecule has 1 aliphatic heterocycles. The van der Waals surface area contributed by atoms with E-state index in [0.717, 1.165) is 5.69 Å². The van der Waals surface area contributed by atoms with Crippen molar-refractivity contribution in [3.05, 3.63) is 29.3 Å². The lowest BCUT2D eigenvalue weighted by molar-refractivity contribution is -0.146. The lowest BCUT2D eigenvalue weighted by Crippen LogP contribution is -2.53. The summed E-state index contributed by atoms with van der Waals surface area (Å²) in [5.41, 5.74) is 5.55. The predicted octanol–water partition coefficient (Wildman–Crippen LogP) is -0.0581. The molecule has 1 saturated heterocycles. The summed E-state index contributed by atoms with van der Waals surface area (Å²) in [5, 5.41) is 0. The Kier molecular flexibility index (Phi) is 4.24. The Hall–Kier alpha value is -2.08. The van der Waals surface area contributed by atoms with E-state index < -0.39 is 11.8 Å². The van der Waals surface area contributed by atoms with Gasteiger partial charge in [-0.15, -0.1) is 0 Å². The maximum absolute atomic E-state index is 11.7. The molecule has 0 spiro atoms. The molecule has 0 unspecified atom stereocenters. The van der Waals surface area contributed by atoms with Crippen molar-refractivity contribution in [1.82, 2.24) is 10.3 Å². The minimum absolute atomic E-state index is 0.527. The smallest absolute Gasteiger partial charge is 0.323 e. The number of hydrogen-bond donors (Lipinski definition) is 2. The molecule has 0 aromatic heterocycles. The van der Waals surface area contributed by atoms with Crippen LogP contribution in [0.2, 0.25) is 0 Å². The van der Waals surface area contributed by atoms with E-state index in [1.165, 1.54) is 16.0 Å². The molecule has 0 aliphatic carbocycles. The van der Waals surface area contributed by atoms with Crippen LogP contribution < -0.4 is 16.2 Å². The fourth-order valence-corrected chi connectivity index (χ4v) is 2.30. The van der Waals surface area contributed by atoms with Crippen molar-refractivity contribution in [1.29, 1.82) is 0 Å². The molecule has 2 amide bonds. The third-order valence-electron chi connectivity index (χ3n) is 3.75. The van der Waals surface area contributed by atoms with Crippen molar-refractivity contribution in [3.63, 3.8) is 0 Å². The summed E-state index contributed by atoms with van der Waals surface area (Å²) in [6.07, 6.45) is 0. The van der Waals surface area contributed by atoms with E-state index in [0.29, 0.717) is 26.2 Å². The zero-order valence-corrected chi connectivity index (χ0v) is 11.8. The second-order valence-corrected chi connectivity index (χ2v) is 5.02. The van der Waals surface area contributed by atoms with Gasteiger partial charge in [0.05, 0.1) is 0 Å². The Morgan fingerprint density at radius 2 is 1.75 bits per heavy atom. The Balaban J connectivity index is 1.99. The van der Waals surface area contributed by atoms with Crippen LogP contribution in [0.3, 0.4) is 0 Å². The van der Waals surface area contributed by atoms with Crippen LogP contribution in [0.15, 0.2) is 18.2 Å². The predicted molar refractivity (Wildman–Crippen MR) is 77.0 cm³/mol. The van der Waals surface area contributed by atoms with Gasteiger partial charge in [-0.2, -0.15) is 0 Å². The average Bonchev–Trinajstić information content (AvgIpc) is 2.48. The van der Waals surface area contributed by atoms with Crippen molar-refractivity contribution in [2.24, 2.45) is 5.84 Å². The Morgan fingerprint density at radius 3 is 2.30 bits per heavy atom. The summed E-state index contributed by atoms with van der Waals surface area (Å²) in [5.74, 6) is 3.65. The molecular formula is C14H20N4O2. The highest BCUT2D eigenvalue weighted by Gasteiger charge is 2.25. The van der Waals surface area contributed by atoms with Crippen molar-refractivity contribution in [2.45, 2.75) is 13.8 Å². The molecule has 20 heavy (non-hydrogen) atoms. The SMILES string of the molecule is Cc1ccc(N2CCN(C(=O)C(=O)NN)CC2)cc1C. The molecule has 1 aliphatic rings. The number of nitrogens with one attached hydrogen (secondary N) is 1. The number of rotatable bonds is 1. The molecule has 3 N–H and O–H groups in total. The average molecular weight is 276 g/mol. The molecule has 1 aromatic rings. The highest BCUT2D eigenvalue weighted by Crippen LogP contribution is 2.20. The van der Waals surface area contributed by atoms with Crippen LogP contribution in [0, 0.1) is 13.8 Å². The van der Waals surface area contributed by atoms with Crippen LogP contribution >= 0.6 is 0 Å². The summed E-state index contributed by atoms with van der Waals surface area (Å²) in [7, 11) is 0. The third kappa shape index (κ3) is 2.91. The van der Waals surface area contributed by atoms with Gasteiger partial charge in [-0.3, -0.25) is 15.0 Å². The van der Waals surface area contributed by atoms with Crippen LogP contribution in [0.1, 0.15) is 11.1 Å². The van der Waals surface area contributed by atoms with Crippen LogP contribution in [0.5, 0.6) is 0 Å². The van der Waals surface area contributed by atoms with Crippen molar-refractivity contribution in [2.75, 3.05) is 31.1 Å². The highest BCUT2D eigenvalue weighted by molar-refractivity contribution is 6.34. The van der Waals surface area contributed by atoms with E-state index in [1.807, 2.05) is 5.43 Å². The quantitative estimate of drug-likeness (QED) is 0.326. The van der Waals surface area contributed by atoms with Crippen LogP contribution in [-0.4, -0.2) is 42.9 Å². The molecule has 0 saturated carbocycles. The molecular weight excluding hydrogens is 256 g/mol.